The number of allylic oxidation sites excluding steroid dienone is 1. The van der Waals surface area contributed by atoms with Crippen LogP contribution in [0.5, 0.6) is 0 Å². The number of para-hydroxylation sites is 2. The van der Waals surface area contributed by atoms with E-state index in [1.807, 2.05) is 0 Å². The largest absolute Gasteiger partial charge is 0.338 e. The average Bonchev–Trinajstić information content (AvgIpc) is 2.62. The summed E-state index contributed by atoms with van der Waals surface area (Å²) in [7, 11) is 0. The van der Waals surface area contributed by atoms with Crippen molar-refractivity contribution in [1.82, 2.24) is 0 Å². The second-order valence-electron chi connectivity index (χ2n) is 5.96. The maximum Gasteiger partial charge on any atom is 0.0413 e. The van der Waals surface area contributed by atoms with Crippen LogP contribution in [0.25, 0.3) is 0 Å². The van der Waals surface area contributed by atoms with E-state index >= 15 is 0 Å². The van der Waals surface area contributed by atoms with Gasteiger partial charge in [-0.25, -0.2) is 0 Å². The van der Waals surface area contributed by atoms with E-state index in [4.69, 9.17) is 0 Å². The molecule has 0 spiro atoms. The third-order valence-electron chi connectivity index (χ3n) is 4.06. The van der Waals surface area contributed by atoms with Crippen LogP contribution in [0.3, 0.4) is 0 Å². The molecule has 0 radical (unpaired) electrons. The molecular formula is C22H29N. The van der Waals surface area contributed by atoms with Crippen molar-refractivity contribution >= 4 is 11.4 Å². The van der Waals surface area contributed by atoms with Gasteiger partial charge < -0.3 is 4.90 Å². The minimum absolute atomic E-state index is 0.920. The monoisotopic (exact) mass is 307 g/mol. The predicted molar refractivity (Wildman–Crippen MR) is 102 cm³/mol. The first kappa shape index (κ1) is 17.3. The molecule has 2 aromatic carbocycles. The molecule has 0 aliphatic carbocycles. The van der Waals surface area contributed by atoms with Crippen molar-refractivity contribution < 1.29 is 0 Å². The van der Waals surface area contributed by atoms with Gasteiger partial charge >= 0.3 is 0 Å². The molecular weight excluding hydrogens is 278 g/mol. The number of unbranched alkanes of at least 4 members (excludes halogenated alkanes) is 5. The predicted octanol–water partition coefficient (Wildman–Crippen LogP) is 6.74. The standard InChI is InChI=1S/C22H29N/c1-2-3-4-5-6-7-8-15-20-23(21-16-11-9-12-17-21)22-18-13-10-14-19-22/h8-19H,2-7,20H2,1H3/b15-8+. The van der Waals surface area contributed by atoms with E-state index in [9.17, 15) is 0 Å². The van der Waals surface area contributed by atoms with E-state index in [2.05, 4.69) is 84.6 Å². The van der Waals surface area contributed by atoms with E-state index in [1.165, 1.54) is 49.9 Å². The second-order valence-corrected chi connectivity index (χ2v) is 5.96. The molecule has 0 fully saturated rings. The number of benzene rings is 2. The third kappa shape index (κ3) is 6.32. The van der Waals surface area contributed by atoms with Gasteiger partial charge in [-0.1, -0.05) is 81.2 Å². The minimum atomic E-state index is 0.920. The van der Waals surface area contributed by atoms with E-state index in [0.29, 0.717) is 0 Å². The first-order valence-corrected chi connectivity index (χ1v) is 8.94. The second kappa shape index (κ2) is 10.7. The third-order valence-corrected chi connectivity index (χ3v) is 4.06. The zero-order valence-electron chi connectivity index (χ0n) is 14.3. The quantitative estimate of drug-likeness (QED) is 0.347. The molecule has 0 saturated carbocycles. The molecule has 1 nitrogen and oxygen atoms in total. The molecule has 0 amide bonds. The molecule has 0 heterocycles. The van der Waals surface area contributed by atoms with Gasteiger partial charge in [-0.15, -0.1) is 0 Å². The molecule has 0 N–H and O–H groups in total. The highest BCUT2D eigenvalue weighted by Crippen LogP contribution is 2.24. The Morgan fingerprint density at radius 2 is 1.26 bits per heavy atom. The Balaban J connectivity index is 1.89. The van der Waals surface area contributed by atoms with Crippen LogP contribution in [0, 0.1) is 0 Å². The smallest absolute Gasteiger partial charge is 0.0413 e. The Morgan fingerprint density at radius 3 is 1.83 bits per heavy atom. The molecule has 0 aromatic heterocycles. The highest BCUT2D eigenvalue weighted by Gasteiger charge is 2.06. The van der Waals surface area contributed by atoms with E-state index < -0.39 is 0 Å². The molecule has 0 aliphatic rings. The molecule has 23 heavy (non-hydrogen) atoms. The summed E-state index contributed by atoms with van der Waals surface area (Å²) >= 11 is 0. The summed E-state index contributed by atoms with van der Waals surface area (Å²) in [5.41, 5.74) is 2.48. The summed E-state index contributed by atoms with van der Waals surface area (Å²) in [5, 5.41) is 0. The van der Waals surface area contributed by atoms with Crippen molar-refractivity contribution in [2.45, 2.75) is 45.4 Å². The maximum atomic E-state index is 2.35. The Morgan fingerprint density at radius 1 is 0.696 bits per heavy atom. The molecule has 0 bridgehead atoms. The number of hydrogen-bond acceptors (Lipinski definition) is 1. The molecule has 0 atom stereocenters. The lowest BCUT2D eigenvalue weighted by atomic mass is 10.1. The van der Waals surface area contributed by atoms with Gasteiger partial charge in [0.25, 0.3) is 0 Å². The lowest BCUT2D eigenvalue weighted by Crippen LogP contribution is -2.16. The van der Waals surface area contributed by atoms with Crippen molar-refractivity contribution in [1.29, 1.82) is 0 Å². The Labute approximate surface area is 141 Å². The van der Waals surface area contributed by atoms with E-state index in [1.54, 1.807) is 0 Å². The Hall–Kier alpha value is -2.02. The number of hydrogen-bond donors (Lipinski definition) is 0. The molecule has 2 aromatic rings. The normalized spacial score (nSPS) is 11.0. The van der Waals surface area contributed by atoms with Gasteiger partial charge in [0.2, 0.25) is 0 Å². The van der Waals surface area contributed by atoms with Gasteiger partial charge in [-0.2, -0.15) is 0 Å². The summed E-state index contributed by atoms with van der Waals surface area (Å²) in [6, 6.07) is 21.2. The summed E-state index contributed by atoms with van der Waals surface area (Å²) < 4.78 is 0. The van der Waals surface area contributed by atoms with Gasteiger partial charge in [-0.05, 0) is 37.1 Å². The van der Waals surface area contributed by atoms with Crippen LogP contribution in [-0.4, -0.2) is 6.54 Å². The summed E-state index contributed by atoms with van der Waals surface area (Å²) in [6.07, 6.45) is 12.6. The summed E-state index contributed by atoms with van der Waals surface area (Å²) in [6.45, 7) is 3.19. The topological polar surface area (TPSA) is 3.24 Å². The zero-order valence-corrected chi connectivity index (χ0v) is 14.3. The van der Waals surface area contributed by atoms with Gasteiger partial charge in [0.05, 0.1) is 0 Å². The zero-order chi connectivity index (χ0) is 16.2. The lowest BCUT2D eigenvalue weighted by molar-refractivity contribution is 0.637. The van der Waals surface area contributed by atoms with E-state index in [0.717, 1.165) is 6.54 Å². The van der Waals surface area contributed by atoms with Gasteiger partial charge in [0.15, 0.2) is 0 Å². The van der Waals surface area contributed by atoms with Gasteiger partial charge in [0.1, 0.15) is 0 Å². The van der Waals surface area contributed by atoms with Crippen molar-refractivity contribution in [2.24, 2.45) is 0 Å². The molecule has 0 unspecified atom stereocenters. The highest BCUT2D eigenvalue weighted by molar-refractivity contribution is 5.63. The van der Waals surface area contributed by atoms with Crippen LogP contribution >= 0.6 is 0 Å². The molecule has 122 valence electrons. The van der Waals surface area contributed by atoms with Crippen LogP contribution in [0.4, 0.5) is 11.4 Å². The summed E-state index contributed by atoms with van der Waals surface area (Å²) in [4.78, 5) is 2.35. The highest BCUT2D eigenvalue weighted by atomic mass is 15.1. The molecule has 1 heteroatoms. The summed E-state index contributed by atoms with van der Waals surface area (Å²) in [5.74, 6) is 0. The molecule has 0 aliphatic heterocycles. The van der Waals surface area contributed by atoms with Gasteiger partial charge in [-0.3, -0.25) is 0 Å². The van der Waals surface area contributed by atoms with Gasteiger partial charge in [0, 0.05) is 17.9 Å². The van der Waals surface area contributed by atoms with Crippen molar-refractivity contribution in [3.63, 3.8) is 0 Å². The van der Waals surface area contributed by atoms with Crippen LogP contribution in [0.15, 0.2) is 72.8 Å². The average molecular weight is 307 g/mol. The number of rotatable bonds is 10. The van der Waals surface area contributed by atoms with E-state index in [-0.39, 0.29) is 0 Å². The Bertz CT molecular complexity index is 505. The lowest BCUT2D eigenvalue weighted by Gasteiger charge is -2.23. The minimum Gasteiger partial charge on any atom is -0.338 e. The fraction of sp³-hybridized carbons (Fsp3) is 0.364. The number of nitrogens with zero attached hydrogens (tertiary/aromatic N) is 1. The molecule has 2 rings (SSSR count). The van der Waals surface area contributed by atoms with Crippen LogP contribution in [-0.2, 0) is 0 Å². The van der Waals surface area contributed by atoms with Crippen molar-refractivity contribution in [3.8, 4) is 0 Å². The number of anilines is 2. The van der Waals surface area contributed by atoms with Crippen LogP contribution < -0.4 is 4.90 Å². The Kier molecular flexibility index (Phi) is 8.04. The van der Waals surface area contributed by atoms with Crippen molar-refractivity contribution in [3.05, 3.63) is 72.8 Å². The first-order valence-electron chi connectivity index (χ1n) is 8.94. The fourth-order valence-corrected chi connectivity index (χ4v) is 2.74. The van der Waals surface area contributed by atoms with Crippen LogP contribution in [0.2, 0.25) is 0 Å². The van der Waals surface area contributed by atoms with Crippen LogP contribution in [0.1, 0.15) is 45.4 Å². The maximum absolute atomic E-state index is 2.35. The SMILES string of the molecule is CCCCCCC/C=C/CN(c1ccccc1)c1ccccc1. The first-order chi connectivity index (χ1) is 11.4. The fourth-order valence-electron chi connectivity index (χ4n) is 2.74. The van der Waals surface area contributed by atoms with Crippen molar-refractivity contribution in [2.75, 3.05) is 11.4 Å². The molecule has 0 saturated heterocycles.